The van der Waals surface area contributed by atoms with Crippen molar-refractivity contribution in [1.82, 2.24) is 9.55 Å². The van der Waals surface area contributed by atoms with Gasteiger partial charge in [-0.2, -0.15) is 0 Å². The highest BCUT2D eigenvalue weighted by molar-refractivity contribution is 14.1. The Kier molecular flexibility index (Phi) is 3.55. The van der Waals surface area contributed by atoms with Gasteiger partial charge in [0.2, 0.25) is 0 Å². The molecule has 0 aliphatic carbocycles. The SMILES string of the molecule is O=CCCCn1cnc(I)c1. The predicted molar refractivity (Wildman–Crippen MR) is 50.2 cm³/mol. The zero-order valence-electron chi connectivity index (χ0n) is 6.03. The maximum absolute atomic E-state index is 9.97. The van der Waals surface area contributed by atoms with Crippen LogP contribution in [0.25, 0.3) is 0 Å². The summed E-state index contributed by atoms with van der Waals surface area (Å²) in [6.07, 6.45) is 6.23. The Bertz CT molecular complexity index is 234. The number of aldehydes is 1. The van der Waals surface area contributed by atoms with Crippen molar-refractivity contribution < 1.29 is 4.79 Å². The first kappa shape index (κ1) is 8.70. The minimum atomic E-state index is 0.634. The van der Waals surface area contributed by atoms with Gasteiger partial charge in [0.05, 0.1) is 6.33 Å². The van der Waals surface area contributed by atoms with E-state index in [0.29, 0.717) is 6.42 Å². The van der Waals surface area contributed by atoms with Gasteiger partial charge in [-0.15, -0.1) is 0 Å². The van der Waals surface area contributed by atoms with Crippen LogP contribution >= 0.6 is 22.6 Å². The van der Waals surface area contributed by atoms with Crippen molar-refractivity contribution in [2.45, 2.75) is 19.4 Å². The van der Waals surface area contributed by atoms with Crippen LogP contribution in [0.4, 0.5) is 0 Å². The van der Waals surface area contributed by atoms with Crippen molar-refractivity contribution in [2.24, 2.45) is 0 Å². The third-order valence-corrected chi connectivity index (χ3v) is 1.90. The molecule has 4 heteroatoms. The Morgan fingerprint density at radius 2 is 2.55 bits per heavy atom. The number of nitrogens with zero attached hydrogens (tertiary/aromatic N) is 2. The number of unbranched alkanes of at least 4 members (excludes halogenated alkanes) is 1. The lowest BCUT2D eigenvalue weighted by molar-refractivity contribution is -0.107. The Morgan fingerprint density at radius 3 is 3.09 bits per heavy atom. The fourth-order valence-electron chi connectivity index (χ4n) is 0.812. The first-order valence-electron chi connectivity index (χ1n) is 3.44. The second-order valence-electron chi connectivity index (χ2n) is 2.24. The van der Waals surface area contributed by atoms with E-state index in [1.54, 1.807) is 6.33 Å². The number of hydrogen-bond acceptors (Lipinski definition) is 2. The summed E-state index contributed by atoms with van der Waals surface area (Å²) in [4.78, 5) is 14.0. The molecule has 0 aromatic carbocycles. The highest BCUT2D eigenvalue weighted by Crippen LogP contribution is 2.00. The lowest BCUT2D eigenvalue weighted by atomic mass is 10.3. The molecule has 0 saturated heterocycles. The van der Waals surface area contributed by atoms with E-state index in [4.69, 9.17) is 0 Å². The Morgan fingerprint density at radius 1 is 1.73 bits per heavy atom. The first-order valence-corrected chi connectivity index (χ1v) is 4.51. The lowest BCUT2D eigenvalue weighted by Gasteiger charge is -1.96. The van der Waals surface area contributed by atoms with Gasteiger partial charge in [0.25, 0.3) is 0 Å². The molecule has 0 atom stereocenters. The van der Waals surface area contributed by atoms with Gasteiger partial charge in [-0.05, 0) is 29.0 Å². The monoisotopic (exact) mass is 264 g/mol. The van der Waals surface area contributed by atoms with Crippen LogP contribution in [0.1, 0.15) is 12.8 Å². The van der Waals surface area contributed by atoms with Crippen LogP contribution in [0, 0.1) is 3.70 Å². The molecule has 0 fully saturated rings. The van der Waals surface area contributed by atoms with Crippen molar-refractivity contribution in [3.63, 3.8) is 0 Å². The molecule has 0 amide bonds. The topological polar surface area (TPSA) is 34.9 Å². The zero-order chi connectivity index (χ0) is 8.10. The summed E-state index contributed by atoms with van der Waals surface area (Å²) in [5.74, 6) is 0. The molecule has 1 aromatic heterocycles. The Balaban J connectivity index is 2.32. The quantitative estimate of drug-likeness (QED) is 0.469. The van der Waals surface area contributed by atoms with Gasteiger partial charge < -0.3 is 9.36 Å². The standard InChI is InChI=1S/C7H9IN2O/c8-7-5-10(6-9-7)3-1-2-4-11/h4-6H,1-3H2. The van der Waals surface area contributed by atoms with Crippen molar-refractivity contribution >= 4 is 28.9 Å². The molecule has 0 bridgehead atoms. The Hall–Kier alpha value is -0.390. The van der Waals surface area contributed by atoms with Gasteiger partial charge in [0, 0.05) is 19.2 Å². The van der Waals surface area contributed by atoms with Gasteiger partial charge in [0.1, 0.15) is 9.99 Å². The Labute approximate surface area is 79.0 Å². The molecule has 0 radical (unpaired) electrons. The van der Waals surface area contributed by atoms with Gasteiger partial charge in [-0.1, -0.05) is 0 Å². The van der Waals surface area contributed by atoms with E-state index in [1.165, 1.54) is 0 Å². The molecule has 1 rings (SSSR count). The average molecular weight is 264 g/mol. The van der Waals surface area contributed by atoms with Crippen molar-refractivity contribution in [3.8, 4) is 0 Å². The van der Waals surface area contributed by atoms with E-state index in [1.807, 2.05) is 10.8 Å². The second kappa shape index (κ2) is 4.48. The van der Waals surface area contributed by atoms with Crippen molar-refractivity contribution in [1.29, 1.82) is 0 Å². The third kappa shape index (κ3) is 3.00. The third-order valence-electron chi connectivity index (χ3n) is 1.34. The highest BCUT2D eigenvalue weighted by Gasteiger charge is 1.92. The van der Waals surface area contributed by atoms with E-state index in [0.717, 1.165) is 23.0 Å². The zero-order valence-corrected chi connectivity index (χ0v) is 8.19. The summed E-state index contributed by atoms with van der Waals surface area (Å²) in [5, 5.41) is 0. The maximum atomic E-state index is 9.97. The van der Waals surface area contributed by atoms with E-state index in [9.17, 15) is 4.79 Å². The van der Waals surface area contributed by atoms with Gasteiger partial charge in [0.15, 0.2) is 0 Å². The van der Waals surface area contributed by atoms with Crippen LogP contribution < -0.4 is 0 Å². The smallest absolute Gasteiger partial charge is 0.120 e. The average Bonchev–Trinajstić information content (AvgIpc) is 2.37. The number of rotatable bonds is 4. The molecule has 0 aliphatic rings. The molecule has 0 spiro atoms. The number of halogens is 1. The van der Waals surface area contributed by atoms with Crippen LogP contribution in [0.3, 0.4) is 0 Å². The van der Waals surface area contributed by atoms with Crippen LogP contribution in [0.2, 0.25) is 0 Å². The molecule has 0 N–H and O–H groups in total. The molecular weight excluding hydrogens is 255 g/mol. The number of hydrogen-bond donors (Lipinski definition) is 0. The summed E-state index contributed by atoms with van der Waals surface area (Å²) in [5.41, 5.74) is 0. The molecule has 0 saturated carbocycles. The van der Waals surface area contributed by atoms with E-state index < -0.39 is 0 Å². The molecule has 0 aliphatic heterocycles. The van der Waals surface area contributed by atoms with E-state index in [2.05, 4.69) is 27.6 Å². The summed E-state index contributed by atoms with van der Waals surface area (Å²) in [6.45, 7) is 0.884. The fraction of sp³-hybridized carbons (Fsp3) is 0.429. The highest BCUT2D eigenvalue weighted by atomic mass is 127. The summed E-state index contributed by atoms with van der Waals surface area (Å²) < 4.78 is 2.99. The van der Waals surface area contributed by atoms with Gasteiger partial charge in [-0.3, -0.25) is 0 Å². The number of aromatic nitrogens is 2. The van der Waals surface area contributed by atoms with E-state index in [-0.39, 0.29) is 0 Å². The minimum absolute atomic E-state index is 0.634. The van der Waals surface area contributed by atoms with Gasteiger partial charge >= 0.3 is 0 Å². The van der Waals surface area contributed by atoms with Crippen molar-refractivity contribution in [2.75, 3.05) is 0 Å². The van der Waals surface area contributed by atoms with Crippen molar-refractivity contribution in [3.05, 3.63) is 16.2 Å². The fourth-order valence-corrected chi connectivity index (χ4v) is 1.29. The van der Waals surface area contributed by atoms with Gasteiger partial charge in [-0.25, -0.2) is 4.98 Å². The molecule has 1 heterocycles. The van der Waals surface area contributed by atoms with Crippen LogP contribution in [0.5, 0.6) is 0 Å². The molecule has 0 unspecified atom stereocenters. The van der Waals surface area contributed by atoms with Crippen LogP contribution in [-0.2, 0) is 11.3 Å². The molecular formula is C7H9IN2O. The summed E-state index contributed by atoms with van der Waals surface area (Å²) >= 11 is 2.16. The first-order chi connectivity index (χ1) is 5.33. The largest absolute Gasteiger partial charge is 0.336 e. The number of aryl methyl sites for hydroxylation is 1. The molecule has 1 aromatic rings. The summed E-state index contributed by atoms with van der Waals surface area (Å²) in [6, 6.07) is 0. The lowest BCUT2D eigenvalue weighted by Crippen LogP contribution is -1.93. The van der Waals surface area contributed by atoms with Crippen LogP contribution in [0.15, 0.2) is 12.5 Å². The minimum Gasteiger partial charge on any atom is -0.336 e. The maximum Gasteiger partial charge on any atom is 0.120 e. The second-order valence-corrected chi connectivity index (χ2v) is 3.35. The number of carbonyl (C=O) groups excluding carboxylic acids is 1. The summed E-state index contributed by atoms with van der Waals surface area (Å²) in [7, 11) is 0. The predicted octanol–water partition coefficient (Wildman–Crippen LogP) is 1.47. The number of imidazole rings is 1. The molecule has 11 heavy (non-hydrogen) atoms. The number of carbonyl (C=O) groups is 1. The molecule has 3 nitrogen and oxygen atoms in total. The van der Waals surface area contributed by atoms with E-state index >= 15 is 0 Å². The van der Waals surface area contributed by atoms with Crippen LogP contribution in [-0.4, -0.2) is 15.8 Å². The normalized spacial score (nSPS) is 9.91. The molecule has 60 valence electrons.